The molecule has 0 aromatic heterocycles. The van der Waals surface area contributed by atoms with Crippen LogP contribution in [0.5, 0.6) is 0 Å². The number of nitrogens with zero attached hydrogens (tertiary/aromatic N) is 2. The second-order valence-corrected chi connectivity index (χ2v) is 22.4. The van der Waals surface area contributed by atoms with Gasteiger partial charge in [-0.05, 0) is 95.6 Å². The quantitative estimate of drug-likeness (QED) is 0.0620. The van der Waals surface area contributed by atoms with Gasteiger partial charge in [-0.15, -0.1) is 0 Å². The van der Waals surface area contributed by atoms with Crippen LogP contribution < -0.4 is 21.3 Å². The highest BCUT2D eigenvalue weighted by molar-refractivity contribution is 9.12. The van der Waals surface area contributed by atoms with E-state index in [0.29, 0.717) is 0 Å². The zero-order valence-electron chi connectivity index (χ0n) is 46.9. The molecule has 0 bridgehead atoms. The van der Waals surface area contributed by atoms with Gasteiger partial charge >= 0.3 is 47.8 Å². The van der Waals surface area contributed by atoms with Gasteiger partial charge in [0.1, 0.15) is 39.6 Å². The van der Waals surface area contributed by atoms with Gasteiger partial charge < -0.3 is 73.7 Å². The van der Waals surface area contributed by atoms with Gasteiger partial charge in [0.25, 0.3) is 23.6 Å². The Hall–Kier alpha value is -6.14. The van der Waals surface area contributed by atoms with E-state index in [1.165, 1.54) is 14.1 Å². The van der Waals surface area contributed by atoms with Crippen molar-refractivity contribution in [3.63, 3.8) is 0 Å². The largest absolute Gasteiger partial charge is 0.462 e. The van der Waals surface area contributed by atoms with Gasteiger partial charge in [-0.2, -0.15) is 0 Å². The Balaban J connectivity index is 2.67. The van der Waals surface area contributed by atoms with Crippen LogP contribution in [0, 0.1) is 0 Å². The molecule has 2 aromatic rings. The molecule has 0 saturated heterocycles. The fourth-order valence-electron chi connectivity index (χ4n) is 6.95. The van der Waals surface area contributed by atoms with E-state index >= 15 is 0 Å². The number of likely N-dealkylation sites (N-methyl/N-ethyl adjacent to an activating group) is 2. The highest BCUT2D eigenvalue weighted by Gasteiger charge is 2.34. The van der Waals surface area contributed by atoms with Crippen molar-refractivity contribution in [2.45, 2.75) is 79.8 Å². The zero-order chi connectivity index (χ0) is 64.7. The van der Waals surface area contributed by atoms with Crippen molar-refractivity contribution in [3.05, 3.63) is 49.1 Å². The molecule has 0 spiro atoms. The number of halogens is 6. The predicted molar refractivity (Wildman–Crippen MR) is 314 cm³/mol. The molecule has 4 atom stereocenters. The minimum absolute atomic E-state index is 0.152. The van der Waals surface area contributed by atoms with Gasteiger partial charge in [0.05, 0.1) is 77.7 Å². The Bertz CT molecular complexity index is 2760. The molecular weight excluding hydrogens is 1530 g/mol. The van der Waals surface area contributed by atoms with Gasteiger partial charge in [0, 0.05) is 78.4 Å². The van der Waals surface area contributed by atoms with E-state index in [-0.39, 0.29) is 73.6 Å². The lowest BCUT2D eigenvalue weighted by Crippen LogP contribution is -2.40. The Kier molecular flexibility index (Phi) is 31.8. The molecule has 0 aliphatic rings. The van der Waals surface area contributed by atoms with Crippen LogP contribution in [-0.2, 0) is 90.6 Å². The molecule has 468 valence electrons. The molecule has 2 rings (SSSR count). The van der Waals surface area contributed by atoms with Crippen molar-refractivity contribution in [1.82, 2.24) is 20.4 Å². The number of nitrogens with one attached hydrogen (secondary N) is 4. The number of esters is 8. The molecule has 35 heteroatoms. The van der Waals surface area contributed by atoms with Crippen LogP contribution >= 0.6 is 95.6 Å². The van der Waals surface area contributed by atoms with Crippen LogP contribution in [0.15, 0.2) is 26.8 Å². The average molecular weight is 1590 g/mol. The zero-order valence-corrected chi connectivity index (χ0v) is 56.4. The molecule has 29 nitrogen and oxygen atoms in total. The second-order valence-electron chi connectivity index (χ2n) is 17.7. The topological polar surface area (TPSA) is 377 Å². The summed E-state index contributed by atoms with van der Waals surface area (Å²) >= 11 is 20.0. The highest BCUT2D eigenvalue weighted by Crippen LogP contribution is 2.44. The lowest BCUT2D eigenvalue weighted by molar-refractivity contribution is -0.156. The van der Waals surface area contributed by atoms with E-state index in [0.717, 1.165) is 65.2 Å². The van der Waals surface area contributed by atoms with Crippen molar-refractivity contribution in [2.24, 2.45) is 0 Å². The van der Waals surface area contributed by atoms with Crippen LogP contribution in [-0.4, -0.2) is 197 Å². The Morgan fingerprint density at radius 3 is 0.906 bits per heavy atom. The minimum atomic E-state index is -1.19. The summed E-state index contributed by atoms with van der Waals surface area (Å²) in [5.74, 6) is -11.6. The van der Waals surface area contributed by atoms with E-state index < -0.39 is 160 Å². The first-order valence-corrected chi connectivity index (χ1v) is 29.2. The van der Waals surface area contributed by atoms with Gasteiger partial charge in [0.15, 0.2) is 24.4 Å². The summed E-state index contributed by atoms with van der Waals surface area (Å²) in [6.07, 6.45) is -4.73. The molecule has 2 aromatic carbocycles. The summed E-state index contributed by atoms with van der Waals surface area (Å²) < 4.78 is 45.3. The molecular formula is C50H58Br6N6O23. The van der Waals surface area contributed by atoms with Crippen molar-refractivity contribution < 1.29 is 110 Å². The smallest absolute Gasteiger partial charge is 0.303 e. The number of anilines is 2. The van der Waals surface area contributed by atoms with Crippen molar-refractivity contribution >= 4 is 190 Å². The fraction of sp³-hybridized carbons (Fsp3) is 0.480. The van der Waals surface area contributed by atoms with Gasteiger partial charge in [0.2, 0.25) is 11.8 Å². The van der Waals surface area contributed by atoms with E-state index in [1.807, 2.05) is 0 Å². The second kappa shape index (κ2) is 36.1. The minimum Gasteiger partial charge on any atom is -0.462 e. The lowest BCUT2D eigenvalue weighted by Gasteiger charge is -2.26. The fourth-order valence-corrected chi connectivity index (χ4v) is 12.7. The summed E-state index contributed by atoms with van der Waals surface area (Å²) in [5.41, 5.74) is -1.80. The van der Waals surface area contributed by atoms with E-state index in [2.05, 4.69) is 117 Å². The monoisotopic (exact) mass is 1580 g/mol. The molecule has 85 heavy (non-hydrogen) atoms. The summed E-state index contributed by atoms with van der Waals surface area (Å²) in [6, 6.07) is 0. The molecule has 4 N–H and O–H groups in total. The first-order chi connectivity index (χ1) is 39.6. The molecule has 6 amide bonds. The lowest BCUT2D eigenvalue weighted by atomic mass is 10.1. The third-order valence-corrected chi connectivity index (χ3v) is 15.1. The Morgan fingerprint density at radius 1 is 0.376 bits per heavy atom. The maximum atomic E-state index is 14.3. The summed E-state index contributed by atoms with van der Waals surface area (Å²) in [7, 11) is 2.58. The van der Waals surface area contributed by atoms with E-state index in [9.17, 15) is 67.1 Å². The number of carbonyl (C=O) groups is 14. The van der Waals surface area contributed by atoms with Crippen molar-refractivity contribution in [1.29, 1.82) is 0 Å². The van der Waals surface area contributed by atoms with Gasteiger partial charge in [-0.1, -0.05) is 0 Å². The summed E-state index contributed by atoms with van der Waals surface area (Å²) in [5, 5.41) is 10.1. The Labute approximate surface area is 536 Å². The van der Waals surface area contributed by atoms with Crippen molar-refractivity contribution in [3.8, 4) is 0 Å². The van der Waals surface area contributed by atoms with Crippen molar-refractivity contribution in [2.75, 3.05) is 90.5 Å². The number of amides is 6. The summed E-state index contributed by atoms with van der Waals surface area (Å²) in [6.45, 7) is 3.54. The Morgan fingerprint density at radius 2 is 0.635 bits per heavy atom. The number of hydrogen-bond donors (Lipinski definition) is 4. The van der Waals surface area contributed by atoms with Gasteiger partial charge in [-0.25, -0.2) is 0 Å². The maximum Gasteiger partial charge on any atom is 0.303 e. The van der Waals surface area contributed by atoms with E-state index in [4.69, 9.17) is 42.6 Å². The molecule has 0 aliphatic heterocycles. The SMILES string of the molecule is CC(=O)OCC(CNC(=O)c1c(Br)c(NC(=O)COCC(=O)Nc2c(Br)c(C(=O)NCC(COC(C)=O)OC(C)=O)c(Br)c(C(=O)N(C)CC(COC(C)=O)OC(C)=O)c2Br)c(Br)c(C(=O)N(C)CC(COC(C)=O)OC(C)=O)c1Br)OC(C)=O. The number of carbonyl (C=O) groups excluding carboxylic acids is 14. The van der Waals surface area contributed by atoms with Crippen LogP contribution in [0.4, 0.5) is 11.4 Å². The molecule has 0 radical (unpaired) electrons. The maximum absolute atomic E-state index is 14.3. The average Bonchev–Trinajstić information content (AvgIpc) is 1.93. The van der Waals surface area contributed by atoms with Crippen LogP contribution in [0.2, 0.25) is 0 Å². The number of hydrogen-bond acceptors (Lipinski definition) is 23. The molecule has 0 fully saturated rings. The first-order valence-electron chi connectivity index (χ1n) is 24.5. The number of ether oxygens (including phenoxy) is 9. The number of benzene rings is 2. The first kappa shape index (κ1) is 75.0. The van der Waals surface area contributed by atoms with Crippen LogP contribution in [0.25, 0.3) is 0 Å². The third-order valence-electron chi connectivity index (χ3n) is 10.4. The number of rotatable bonds is 30. The molecule has 0 heterocycles. The molecule has 0 aliphatic carbocycles. The van der Waals surface area contributed by atoms with Gasteiger partial charge in [-0.3, -0.25) is 67.1 Å². The predicted octanol–water partition coefficient (Wildman–Crippen LogP) is 4.44. The van der Waals surface area contributed by atoms with E-state index in [1.54, 1.807) is 0 Å². The standard InChI is InChI=1S/C50H58Br6N6O23/c1-21(63)78-15-29(82-25(5)67)11-57-47(73)35-39(51)37(49(75)61(9)13-31(84-27(7)69)17-80-23(3)65)43(55)45(41(35)53)59-33(71)19-77-20-34(72)60-46-42(54)36(48(74)58-12-30(83-26(6)68)16-79-22(2)64)40(52)38(44(46)56)50(76)62(10)14-32(85-28(8)70)18-81-24(4)66/h29-32H,11-20H2,1-10H3,(H,57,73)(H,58,74)(H,59,71)(H,60,72). The molecule has 4 unspecified atom stereocenters. The molecule has 0 saturated carbocycles. The summed E-state index contributed by atoms with van der Waals surface area (Å²) in [4.78, 5) is 180. The highest BCUT2D eigenvalue weighted by atomic mass is 79.9. The van der Waals surface area contributed by atoms with Crippen LogP contribution in [0.3, 0.4) is 0 Å². The normalized spacial score (nSPS) is 12.0. The van der Waals surface area contributed by atoms with Crippen LogP contribution in [0.1, 0.15) is 96.8 Å². The third kappa shape index (κ3) is 25.0.